The number of nitrogens with zero attached hydrogens (tertiary/aromatic N) is 2. The molecule has 5 nitrogen and oxygen atoms in total. The van der Waals surface area contributed by atoms with Crippen molar-refractivity contribution in [1.82, 2.24) is 15.5 Å². The van der Waals surface area contributed by atoms with Crippen LogP contribution in [0.2, 0.25) is 0 Å². The van der Waals surface area contributed by atoms with Crippen LogP contribution in [0.3, 0.4) is 0 Å². The van der Waals surface area contributed by atoms with Gasteiger partial charge in [0.2, 0.25) is 5.91 Å². The van der Waals surface area contributed by atoms with E-state index in [1.807, 2.05) is 11.8 Å². The van der Waals surface area contributed by atoms with E-state index in [4.69, 9.17) is 4.99 Å². The molecule has 2 unspecified atom stereocenters. The van der Waals surface area contributed by atoms with Crippen LogP contribution >= 0.6 is 24.0 Å². The molecule has 1 amide bonds. The second kappa shape index (κ2) is 9.40. The van der Waals surface area contributed by atoms with E-state index >= 15 is 0 Å². The van der Waals surface area contributed by atoms with Crippen molar-refractivity contribution in [2.75, 3.05) is 26.2 Å². The summed E-state index contributed by atoms with van der Waals surface area (Å²) in [6.07, 6.45) is 2.70. The molecule has 2 atom stereocenters. The minimum Gasteiger partial charge on any atom is -0.357 e. The molecule has 1 saturated heterocycles. The van der Waals surface area contributed by atoms with E-state index in [2.05, 4.69) is 41.8 Å². The van der Waals surface area contributed by atoms with Crippen LogP contribution in [0.25, 0.3) is 0 Å². The molecule has 0 aromatic heterocycles. The van der Waals surface area contributed by atoms with Gasteiger partial charge in [0, 0.05) is 44.6 Å². The molecule has 2 aliphatic rings. The average molecular weight is 456 g/mol. The monoisotopic (exact) mass is 456 g/mol. The van der Waals surface area contributed by atoms with E-state index in [0.29, 0.717) is 18.4 Å². The molecular weight excluding hydrogens is 427 g/mol. The van der Waals surface area contributed by atoms with Crippen molar-refractivity contribution in [3.63, 3.8) is 0 Å². The van der Waals surface area contributed by atoms with E-state index in [1.54, 1.807) is 0 Å². The topological polar surface area (TPSA) is 56.7 Å². The Morgan fingerprint density at radius 1 is 1.32 bits per heavy atom. The first-order chi connectivity index (χ1) is 11.7. The first-order valence-electron chi connectivity index (χ1n) is 9.11. The molecule has 0 bridgehead atoms. The number of guanidine groups is 1. The van der Waals surface area contributed by atoms with Crippen LogP contribution in [-0.4, -0.2) is 49.0 Å². The van der Waals surface area contributed by atoms with Crippen LogP contribution in [0.1, 0.15) is 43.7 Å². The molecule has 6 heteroatoms. The van der Waals surface area contributed by atoms with E-state index in [1.165, 1.54) is 11.1 Å². The summed E-state index contributed by atoms with van der Waals surface area (Å²) < 4.78 is 0. The zero-order valence-electron chi connectivity index (χ0n) is 15.1. The van der Waals surface area contributed by atoms with E-state index < -0.39 is 0 Å². The number of hydrogen-bond donors (Lipinski definition) is 2. The Hall–Kier alpha value is -1.31. The lowest BCUT2D eigenvalue weighted by Gasteiger charge is -2.29. The van der Waals surface area contributed by atoms with Crippen molar-refractivity contribution >= 4 is 35.8 Å². The van der Waals surface area contributed by atoms with Crippen molar-refractivity contribution < 1.29 is 4.79 Å². The van der Waals surface area contributed by atoms with Crippen molar-refractivity contribution in [1.29, 1.82) is 0 Å². The normalized spacial score (nSPS) is 21.8. The number of halogens is 1. The maximum Gasteiger partial charge on any atom is 0.222 e. The third kappa shape index (κ3) is 4.86. The third-order valence-electron chi connectivity index (χ3n) is 4.96. The van der Waals surface area contributed by atoms with Gasteiger partial charge in [0.1, 0.15) is 0 Å². The van der Waals surface area contributed by atoms with Crippen molar-refractivity contribution in [2.24, 2.45) is 4.99 Å². The van der Waals surface area contributed by atoms with Gasteiger partial charge in [-0.3, -0.25) is 9.79 Å². The molecule has 138 valence electrons. The molecule has 1 aromatic carbocycles. The maximum absolute atomic E-state index is 11.8. The number of hydrogen-bond acceptors (Lipinski definition) is 2. The molecule has 0 radical (unpaired) electrons. The van der Waals surface area contributed by atoms with Gasteiger partial charge in [-0.2, -0.15) is 0 Å². The molecule has 0 saturated carbocycles. The quantitative estimate of drug-likeness (QED) is 0.407. The molecule has 1 fully saturated rings. The van der Waals surface area contributed by atoms with E-state index in [0.717, 1.165) is 45.0 Å². The van der Waals surface area contributed by atoms with E-state index in [-0.39, 0.29) is 29.9 Å². The number of benzene rings is 1. The Labute approximate surface area is 167 Å². The van der Waals surface area contributed by atoms with Gasteiger partial charge in [0.15, 0.2) is 5.96 Å². The highest BCUT2D eigenvalue weighted by molar-refractivity contribution is 14.0. The van der Waals surface area contributed by atoms with Gasteiger partial charge in [-0.1, -0.05) is 31.2 Å². The second-order valence-corrected chi connectivity index (χ2v) is 6.64. The highest BCUT2D eigenvalue weighted by Gasteiger charge is 2.27. The first kappa shape index (κ1) is 20.0. The van der Waals surface area contributed by atoms with Crippen LogP contribution in [-0.2, 0) is 11.2 Å². The Kier molecular flexibility index (Phi) is 7.53. The molecule has 25 heavy (non-hydrogen) atoms. The Morgan fingerprint density at radius 3 is 2.84 bits per heavy atom. The molecule has 0 spiro atoms. The number of amides is 1. The van der Waals surface area contributed by atoms with Crippen molar-refractivity contribution in [2.45, 2.75) is 45.1 Å². The molecule has 2 N–H and O–H groups in total. The zero-order chi connectivity index (χ0) is 16.9. The summed E-state index contributed by atoms with van der Waals surface area (Å²) in [5, 5.41) is 6.83. The molecule has 1 heterocycles. The van der Waals surface area contributed by atoms with Crippen molar-refractivity contribution in [3.8, 4) is 0 Å². The minimum absolute atomic E-state index is 0. The van der Waals surface area contributed by atoms with Gasteiger partial charge in [-0.15, -0.1) is 24.0 Å². The van der Waals surface area contributed by atoms with Gasteiger partial charge in [0.25, 0.3) is 0 Å². The molecule has 3 rings (SSSR count). The number of nitrogens with one attached hydrogen (secondary N) is 2. The predicted molar refractivity (Wildman–Crippen MR) is 113 cm³/mol. The fraction of sp³-hybridized carbons (Fsp3) is 0.579. The lowest BCUT2D eigenvalue weighted by atomic mass is 9.78. The zero-order valence-corrected chi connectivity index (χ0v) is 17.5. The SMILES string of the molecule is CCNC(=NCC1Cc2ccccc21)NC1CCN(C(=O)CC)C1.I. The minimum atomic E-state index is 0. The summed E-state index contributed by atoms with van der Waals surface area (Å²) in [4.78, 5) is 18.5. The standard InChI is InChI=1S/C19H28N4O.HI/c1-3-18(24)23-10-9-16(13-23)22-19(20-4-2)21-12-15-11-14-7-5-6-8-17(14)15;/h5-8,15-16H,3-4,9-13H2,1-2H3,(H2,20,21,22);1H. The van der Waals surface area contributed by atoms with Crippen molar-refractivity contribution in [3.05, 3.63) is 35.4 Å². The number of carbonyl (C=O) groups is 1. The van der Waals surface area contributed by atoms with Crippen LogP contribution in [0.4, 0.5) is 0 Å². The average Bonchev–Trinajstić information content (AvgIpc) is 3.03. The summed E-state index contributed by atoms with van der Waals surface area (Å²) in [6, 6.07) is 8.93. The third-order valence-corrected chi connectivity index (χ3v) is 4.96. The van der Waals surface area contributed by atoms with E-state index in [9.17, 15) is 4.79 Å². The summed E-state index contributed by atoms with van der Waals surface area (Å²) >= 11 is 0. The summed E-state index contributed by atoms with van der Waals surface area (Å²) in [6.45, 7) is 7.29. The van der Waals surface area contributed by atoms with Gasteiger partial charge >= 0.3 is 0 Å². The number of fused-ring (bicyclic) bond motifs is 1. The Morgan fingerprint density at radius 2 is 2.12 bits per heavy atom. The fourth-order valence-corrected chi connectivity index (χ4v) is 3.57. The number of carbonyl (C=O) groups excluding carboxylic acids is 1. The highest BCUT2D eigenvalue weighted by atomic mass is 127. The van der Waals surface area contributed by atoms with Crippen LogP contribution in [0.15, 0.2) is 29.3 Å². The molecular formula is C19H29IN4O. The maximum atomic E-state index is 11.8. The summed E-state index contributed by atoms with van der Waals surface area (Å²) in [7, 11) is 0. The summed E-state index contributed by atoms with van der Waals surface area (Å²) in [5.74, 6) is 1.66. The van der Waals surface area contributed by atoms with Crippen LogP contribution in [0, 0.1) is 0 Å². The molecule has 1 aliphatic heterocycles. The second-order valence-electron chi connectivity index (χ2n) is 6.64. The largest absolute Gasteiger partial charge is 0.357 e. The fourth-order valence-electron chi connectivity index (χ4n) is 3.57. The molecule has 1 aromatic rings. The van der Waals surface area contributed by atoms with Gasteiger partial charge in [-0.25, -0.2) is 0 Å². The van der Waals surface area contributed by atoms with Crippen LogP contribution in [0.5, 0.6) is 0 Å². The predicted octanol–water partition coefficient (Wildman–Crippen LogP) is 2.51. The number of likely N-dealkylation sites (tertiary alicyclic amines) is 1. The molecule has 1 aliphatic carbocycles. The lowest BCUT2D eigenvalue weighted by Crippen LogP contribution is -2.45. The number of aliphatic imine (C=N–C) groups is 1. The van der Waals surface area contributed by atoms with Gasteiger partial charge in [-0.05, 0) is 30.9 Å². The lowest BCUT2D eigenvalue weighted by molar-refractivity contribution is -0.129. The Bertz CT molecular complexity index is 619. The van der Waals surface area contributed by atoms with Gasteiger partial charge < -0.3 is 15.5 Å². The Balaban J connectivity index is 0.00000225. The van der Waals surface area contributed by atoms with Crippen LogP contribution < -0.4 is 10.6 Å². The number of rotatable bonds is 5. The first-order valence-corrected chi connectivity index (χ1v) is 9.11. The van der Waals surface area contributed by atoms with Gasteiger partial charge in [0.05, 0.1) is 0 Å². The summed E-state index contributed by atoms with van der Waals surface area (Å²) in [5.41, 5.74) is 2.90. The highest BCUT2D eigenvalue weighted by Crippen LogP contribution is 2.34. The smallest absolute Gasteiger partial charge is 0.222 e.